The fourth-order valence-corrected chi connectivity index (χ4v) is 1.35. The molecule has 0 aliphatic heterocycles. The van der Waals surface area contributed by atoms with E-state index in [1.165, 1.54) is 12.1 Å². The van der Waals surface area contributed by atoms with E-state index in [1.807, 2.05) is 6.07 Å². The Balaban J connectivity index is 2.65. The number of hydrogen-bond donors (Lipinski definition) is 0. The maximum atomic E-state index is 11.9. The van der Waals surface area contributed by atoms with E-state index in [1.54, 1.807) is 6.07 Å². The summed E-state index contributed by atoms with van der Waals surface area (Å²) in [5, 5.41) is 8.73. The van der Waals surface area contributed by atoms with E-state index in [9.17, 15) is 13.2 Å². The van der Waals surface area contributed by atoms with Crippen LogP contribution in [0.2, 0.25) is 0 Å². The molecule has 1 rings (SSSR count). The van der Waals surface area contributed by atoms with Crippen LogP contribution in [0.15, 0.2) is 22.7 Å². The monoisotopic (exact) mass is 293 g/mol. The minimum atomic E-state index is -4.25. The Labute approximate surface area is 98.8 Å². The van der Waals surface area contributed by atoms with Gasteiger partial charge in [0.25, 0.3) is 0 Å². The Hall–Kier alpha value is -1.22. The third kappa shape index (κ3) is 4.11. The van der Waals surface area contributed by atoms with Gasteiger partial charge in [-0.2, -0.15) is 18.4 Å². The molecule has 0 bridgehead atoms. The topological polar surface area (TPSA) is 33.0 Å². The first kappa shape index (κ1) is 12.8. The highest BCUT2D eigenvalue weighted by Gasteiger charge is 2.26. The first-order valence-electron chi connectivity index (χ1n) is 4.31. The van der Waals surface area contributed by atoms with E-state index in [2.05, 4.69) is 15.9 Å². The van der Waals surface area contributed by atoms with Crippen LogP contribution in [0.25, 0.3) is 0 Å². The zero-order chi connectivity index (χ0) is 12.2. The summed E-state index contributed by atoms with van der Waals surface area (Å²) in [5.41, 5.74) is 0.205. The summed E-state index contributed by atoms with van der Waals surface area (Å²) in [6.07, 6.45) is -5.28. The summed E-state index contributed by atoms with van der Waals surface area (Å²) in [6.45, 7) is -0.486. The molecule has 1 aromatic rings. The zero-order valence-corrected chi connectivity index (χ0v) is 9.60. The van der Waals surface area contributed by atoms with Gasteiger partial charge in [0.1, 0.15) is 11.8 Å². The van der Waals surface area contributed by atoms with E-state index in [-0.39, 0.29) is 11.3 Å². The van der Waals surface area contributed by atoms with Crippen molar-refractivity contribution in [1.29, 1.82) is 5.26 Å². The number of benzene rings is 1. The molecule has 0 atom stereocenters. The minimum Gasteiger partial charge on any atom is -0.492 e. The first-order valence-corrected chi connectivity index (χ1v) is 5.11. The molecule has 2 nitrogen and oxygen atoms in total. The Morgan fingerprint density at radius 1 is 1.38 bits per heavy atom. The molecule has 0 N–H and O–H groups in total. The lowest BCUT2D eigenvalue weighted by Crippen LogP contribution is -2.13. The van der Waals surface area contributed by atoms with Crippen molar-refractivity contribution in [3.05, 3.63) is 28.2 Å². The number of nitrogens with zero attached hydrogens (tertiary/aromatic N) is 1. The third-order valence-electron chi connectivity index (χ3n) is 1.71. The van der Waals surface area contributed by atoms with Gasteiger partial charge in [0.2, 0.25) is 0 Å². The summed E-state index contributed by atoms with van der Waals surface area (Å²) in [7, 11) is 0. The summed E-state index contributed by atoms with van der Waals surface area (Å²) in [5.74, 6) is 0.162. The normalized spacial score (nSPS) is 10.9. The van der Waals surface area contributed by atoms with Gasteiger partial charge in [0, 0.05) is 4.47 Å². The molecule has 0 aliphatic carbocycles. The maximum absolute atomic E-state index is 11.9. The number of nitriles is 1. The fraction of sp³-hybridized carbons (Fsp3) is 0.300. The molecule has 86 valence electrons. The number of rotatable bonds is 3. The third-order valence-corrected chi connectivity index (χ3v) is 2.20. The Kier molecular flexibility index (Phi) is 4.19. The number of ether oxygens (including phenoxy) is 1. The Bertz CT molecular complexity index is 412. The first-order chi connectivity index (χ1) is 7.42. The van der Waals surface area contributed by atoms with E-state index < -0.39 is 19.2 Å². The van der Waals surface area contributed by atoms with Crippen LogP contribution in [0.1, 0.15) is 12.0 Å². The molecular formula is C10H7BrF3NO. The van der Waals surface area contributed by atoms with Crippen LogP contribution in [-0.4, -0.2) is 12.8 Å². The maximum Gasteiger partial charge on any atom is 0.392 e. The van der Waals surface area contributed by atoms with Crippen molar-refractivity contribution in [1.82, 2.24) is 0 Å². The van der Waals surface area contributed by atoms with Crippen LogP contribution in [0.5, 0.6) is 5.75 Å². The van der Waals surface area contributed by atoms with E-state index in [4.69, 9.17) is 10.00 Å². The van der Waals surface area contributed by atoms with Crippen LogP contribution in [-0.2, 0) is 0 Å². The highest BCUT2D eigenvalue weighted by molar-refractivity contribution is 9.10. The molecule has 6 heteroatoms. The molecule has 0 saturated heterocycles. The molecule has 0 spiro atoms. The fourth-order valence-electron chi connectivity index (χ4n) is 0.992. The van der Waals surface area contributed by atoms with Crippen molar-refractivity contribution in [3.8, 4) is 11.8 Å². The molecule has 0 aliphatic rings. The average molecular weight is 294 g/mol. The second-order valence-corrected chi connectivity index (χ2v) is 3.88. The largest absolute Gasteiger partial charge is 0.492 e. The summed E-state index contributed by atoms with van der Waals surface area (Å²) in [6, 6.07) is 6.40. The lowest BCUT2D eigenvalue weighted by Gasteiger charge is -2.09. The molecule has 0 fully saturated rings. The second-order valence-electron chi connectivity index (χ2n) is 2.97. The molecular weight excluding hydrogens is 287 g/mol. The predicted molar refractivity (Wildman–Crippen MR) is 55.0 cm³/mol. The highest BCUT2D eigenvalue weighted by Crippen LogP contribution is 2.24. The molecule has 1 aromatic carbocycles. The van der Waals surface area contributed by atoms with Crippen LogP contribution in [0.4, 0.5) is 13.2 Å². The van der Waals surface area contributed by atoms with Gasteiger partial charge in [-0.3, -0.25) is 0 Å². The van der Waals surface area contributed by atoms with E-state index >= 15 is 0 Å². The SMILES string of the molecule is N#Cc1cc(Br)ccc1OCCC(F)(F)F. The van der Waals surface area contributed by atoms with Gasteiger partial charge in [0.15, 0.2) is 0 Å². The molecule has 0 heterocycles. The highest BCUT2D eigenvalue weighted by atomic mass is 79.9. The van der Waals surface area contributed by atoms with Crippen molar-refractivity contribution in [2.75, 3.05) is 6.61 Å². The van der Waals surface area contributed by atoms with Gasteiger partial charge in [-0.05, 0) is 18.2 Å². The van der Waals surface area contributed by atoms with Gasteiger partial charge in [-0.1, -0.05) is 15.9 Å². The van der Waals surface area contributed by atoms with Crippen molar-refractivity contribution < 1.29 is 17.9 Å². The van der Waals surface area contributed by atoms with Gasteiger partial charge >= 0.3 is 6.18 Å². The molecule has 16 heavy (non-hydrogen) atoms. The standard InChI is InChI=1S/C10H7BrF3NO/c11-8-1-2-9(7(5-8)6-15)16-4-3-10(12,13)14/h1-2,5H,3-4H2. The van der Waals surface area contributed by atoms with Crippen LogP contribution < -0.4 is 4.74 Å². The van der Waals surface area contributed by atoms with E-state index in [0.717, 1.165) is 0 Å². The lowest BCUT2D eigenvalue weighted by molar-refractivity contribution is -0.139. The van der Waals surface area contributed by atoms with Crippen molar-refractivity contribution >= 4 is 15.9 Å². The Morgan fingerprint density at radius 2 is 2.06 bits per heavy atom. The quantitative estimate of drug-likeness (QED) is 0.852. The average Bonchev–Trinajstić information content (AvgIpc) is 2.18. The minimum absolute atomic E-state index is 0.162. The smallest absolute Gasteiger partial charge is 0.392 e. The van der Waals surface area contributed by atoms with Crippen LogP contribution in [0, 0.1) is 11.3 Å². The summed E-state index contributed by atoms with van der Waals surface area (Å²) >= 11 is 3.15. The summed E-state index contributed by atoms with van der Waals surface area (Å²) in [4.78, 5) is 0. The molecule has 0 saturated carbocycles. The zero-order valence-electron chi connectivity index (χ0n) is 8.01. The van der Waals surface area contributed by atoms with Gasteiger partial charge in [-0.25, -0.2) is 0 Å². The molecule has 0 aromatic heterocycles. The molecule has 0 amide bonds. The second kappa shape index (κ2) is 5.21. The van der Waals surface area contributed by atoms with Gasteiger partial charge in [0.05, 0.1) is 18.6 Å². The Morgan fingerprint density at radius 3 is 2.62 bits per heavy atom. The number of alkyl halides is 3. The lowest BCUT2D eigenvalue weighted by atomic mass is 10.2. The summed E-state index contributed by atoms with van der Waals surface area (Å²) < 4.78 is 41.1. The van der Waals surface area contributed by atoms with Gasteiger partial charge in [-0.15, -0.1) is 0 Å². The molecule has 0 unspecified atom stereocenters. The molecule has 0 radical (unpaired) electrons. The number of halogens is 4. The van der Waals surface area contributed by atoms with Crippen molar-refractivity contribution in [2.24, 2.45) is 0 Å². The predicted octanol–water partition coefficient (Wildman–Crippen LogP) is 3.65. The van der Waals surface area contributed by atoms with Crippen molar-refractivity contribution in [3.63, 3.8) is 0 Å². The van der Waals surface area contributed by atoms with Crippen LogP contribution >= 0.6 is 15.9 Å². The van der Waals surface area contributed by atoms with Crippen LogP contribution in [0.3, 0.4) is 0 Å². The van der Waals surface area contributed by atoms with Crippen molar-refractivity contribution in [2.45, 2.75) is 12.6 Å². The van der Waals surface area contributed by atoms with Gasteiger partial charge < -0.3 is 4.74 Å². The number of hydrogen-bond acceptors (Lipinski definition) is 2. The van der Waals surface area contributed by atoms with E-state index in [0.29, 0.717) is 4.47 Å².